The molecule has 0 spiro atoms. The van der Waals surface area contributed by atoms with Crippen LogP contribution in [0.15, 0.2) is 40.9 Å². The number of rotatable bonds is 3. The molecule has 0 saturated carbocycles. The van der Waals surface area contributed by atoms with E-state index >= 15 is 0 Å². The van der Waals surface area contributed by atoms with Gasteiger partial charge in [0.15, 0.2) is 0 Å². The summed E-state index contributed by atoms with van der Waals surface area (Å²) < 4.78 is 0.857. The summed E-state index contributed by atoms with van der Waals surface area (Å²) in [6.45, 7) is 3.57. The molecule has 0 atom stereocenters. The van der Waals surface area contributed by atoms with Gasteiger partial charge in [0.1, 0.15) is 0 Å². The summed E-state index contributed by atoms with van der Waals surface area (Å²) in [5, 5.41) is 13.5. The van der Waals surface area contributed by atoms with Gasteiger partial charge in [-0.05, 0) is 43.7 Å². The molecule has 0 fully saturated rings. The van der Waals surface area contributed by atoms with Crippen molar-refractivity contribution in [3.63, 3.8) is 0 Å². The summed E-state index contributed by atoms with van der Waals surface area (Å²) in [7, 11) is 0. The van der Waals surface area contributed by atoms with E-state index in [4.69, 9.17) is 0 Å². The van der Waals surface area contributed by atoms with Crippen molar-refractivity contribution in [3.05, 3.63) is 67.7 Å². The first kappa shape index (κ1) is 15.2. The number of carbonyl (C=O) groups excluding carboxylic acids is 1. The van der Waals surface area contributed by atoms with Gasteiger partial charge in [-0.15, -0.1) is 0 Å². The van der Waals surface area contributed by atoms with Crippen molar-refractivity contribution in [1.29, 1.82) is 0 Å². The Hall–Kier alpha value is -2.21. The number of halogens is 1. The average molecular weight is 349 g/mol. The lowest BCUT2D eigenvalue weighted by Gasteiger charge is -2.07. The van der Waals surface area contributed by atoms with Crippen LogP contribution in [0.4, 0.5) is 11.4 Å². The molecule has 0 aliphatic heterocycles. The predicted octanol–water partition coefficient (Wildman–Crippen LogP) is 4.23. The number of aryl methyl sites for hydroxylation is 2. The second kappa shape index (κ2) is 6.05. The Morgan fingerprint density at radius 1 is 1.14 bits per heavy atom. The fraction of sp³-hybridized carbons (Fsp3) is 0.133. The molecule has 0 aromatic heterocycles. The topological polar surface area (TPSA) is 72.2 Å². The van der Waals surface area contributed by atoms with Gasteiger partial charge in [-0.2, -0.15) is 0 Å². The molecule has 1 N–H and O–H groups in total. The van der Waals surface area contributed by atoms with Gasteiger partial charge in [0.25, 0.3) is 11.6 Å². The number of nitro benzene ring substituents is 1. The van der Waals surface area contributed by atoms with E-state index < -0.39 is 4.92 Å². The number of carbonyl (C=O) groups is 1. The first-order valence-electron chi connectivity index (χ1n) is 6.21. The Bertz CT molecular complexity index is 729. The highest BCUT2D eigenvalue weighted by molar-refractivity contribution is 9.10. The smallest absolute Gasteiger partial charge is 0.272 e. The number of hydrogen-bond donors (Lipinski definition) is 1. The van der Waals surface area contributed by atoms with Crippen LogP contribution in [-0.4, -0.2) is 10.8 Å². The van der Waals surface area contributed by atoms with Gasteiger partial charge in [0.05, 0.1) is 4.92 Å². The van der Waals surface area contributed by atoms with E-state index in [9.17, 15) is 14.9 Å². The van der Waals surface area contributed by atoms with Gasteiger partial charge in [-0.25, -0.2) is 0 Å². The van der Waals surface area contributed by atoms with Crippen molar-refractivity contribution >= 4 is 33.2 Å². The van der Waals surface area contributed by atoms with E-state index in [-0.39, 0.29) is 11.6 Å². The van der Waals surface area contributed by atoms with E-state index in [1.807, 2.05) is 13.0 Å². The van der Waals surface area contributed by atoms with Gasteiger partial charge in [0.2, 0.25) is 0 Å². The zero-order valence-corrected chi connectivity index (χ0v) is 13.1. The van der Waals surface area contributed by atoms with Gasteiger partial charge >= 0.3 is 0 Å². The maximum atomic E-state index is 12.1. The summed E-state index contributed by atoms with van der Waals surface area (Å²) in [5.74, 6) is -0.260. The Balaban J connectivity index is 2.21. The third-order valence-electron chi connectivity index (χ3n) is 3.09. The molecule has 0 heterocycles. The molecule has 2 rings (SSSR count). The largest absolute Gasteiger partial charge is 0.322 e. The van der Waals surface area contributed by atoms with E-state index in [1.165, 1.54) is 12.1 Å². The summed E-state index contributed by atoms with van der Waals surface area (Å²) in [4.78, 5) is 22.5. The lowest BCUT2D eigenvalue weighted by atomic mass is 10.1. The third-order valence-corrected chi connectivity index (χ3v) is 3.94. The Labute approximate surface area is 130 Å². The van der Waals surface area contributed by atoms with Crippen LogP contribution in [0.5, 0.6) is 0 Å². The van der Waals surface area contributed by atoms with Crippen LogP contribution in [-0.2, 0) is 0 Å². The number of nitro groups is 1. The van der Waals surface area contributed by atoms with Gasteiger partial charge in [-0.1, -0.05) is 22.0 Å². The molecule has 2 aromatic rings. The molecule has 0 bridgehead atoms. The maximum absolute atomic E-state index is 12.1. The van der Waals surface area contributed by atoms with Crippen molar-refractivity contribution in [1.82, 2.24) is 0 Å². The minimum atomic E-state index is -0.446. The summed E-state index contributed by atoms with van der Waals surface area (Å²) >= 11 is 3.38. The highest BCUT2D eigenvalue weighted by atomic mass is 79.9. The molecule has 108 valence electrons. The monoisotopic (exact) mass is 348 g/mol. The average Bonchev–Trinajstić information content (AvgIpc) is 2.41. The zero-order valence-electron chi connectivity index (χ0n) is 11.5. The van der Waals surface area contributed by atoms with Crippen LogP contribution in [0.25, 0.3) is 0 Å². The van der Waals surface area contributed by atoms with Crippen molar-refractivity contribution in [2.24, 2.45) is 0 Å². The van der Waals surface area contributed by atoms with Crippen LogP contribution < -0.4 is 5.32 Å². The molecule has 0 radical (unpaired) electrons. The van der Waals surface area contributed by atoms with E-state index in [0.29, 0.717) is 16.8 Å². The number of benzene rings is 2. The summed E-state index contributed by atoms with van der Waals surface area (Å²) in [6.07, 6.45) is 0. The standard InChI is InChI=1S/C15H13BrN2O3/c1-9-3-4-11(8-13(9)16)15(19)17-12-5-6-14(18(20)21)10(2)7-12/h3-8H,1-2H3,(H,17,19). The Morgan fingerprint density at radius 2 is 1.86 bits per heavy atom. The third kappa shape index (κ3) is 3.46. The zero-order chi connectivity index (χ0) is 15.6. The highest BCUT2D eigenvalue weighted by Gasteiger charge is 2.12. The lowest BCUT2D eigenvalue weighted by Crippen LogP contribution is -2.12. The number of nitrogens with one attached hydrogen (secondary N) is 1. The fourth-order valence-corrected chi connectivity index (χ4v) is 2.25. The maximum Gasteiger partial charge on any atom is 0.272 e. The SMILES string of the molecule is Cc1ccc(C(=O)Nc2ccc([N+](=O)[O-])c(C)c2)cc1Br. The lowest BCUT2D eigenvalue weighted by molar-refractivity contribution is -0.385. The fourth-order valence-electron chi connectivity index (χ4n) is 1.88. The summed E-state index contributed by atoms with van der Waals surface area (Å²) in [5.41, 5.74) is 2.62. The van der Waals surface area contributed by atoms with Crippen LogP contribution in [0.3, 0.4) is 0 Å². The molecular weight excluding hydrogens is 336 g/mol. The predicted molar refractivity (Wildman–Crippen MR) is 84.7 cm³/mol. The summed E-state index contributed by atoms with van der Waals surface area (Å²) in [6, 6.07) is 9.80. The van der Waals surface area contributed by atoms with Crippen molar-refractivity contribution in [3.8, 4) is 0 Å². The molecule has 6 heteroatoms. The van der Waals surface area contributed by atoms with Crippen LogP contribution in [0, 0.1) is 24.0 Å². The molecule has 0 unspecified atom stereocenters. The highest BCUT2D eigenvalue weighted by Crippen LogP contribution is 2.23. The molecule has 0 saturated heterocycles. The quantitative estimate of drug-likeness (QED) is 0.666. The van der Waals surface area contributed by atoms with Gasteiger partial charge in [0, 0.05) is 27.4 Å². The minimum absolute atomic E-state index is 0.0334. The number of hydrogen-bond acceptors (Lipinski definition) is 3. The van der Waals surface area contributed by atoms with Crippen LogP contribution in [0.1, 0.15) is 21.5 Å². The molecule has 0 aliphatic carbocycles. The van der Waals surface area contributed by atoms with Crippen LogP contribution >= 0.6 is 15.9 Å². The van der Waals surface area contributed by atoms with Gasteiger partial charge in [-0.3, -0.25) is 14.9 Å². The van der Waals surface area contributed by atoms with Crippen molar-refractivity contribution in [2.75, 3.05) is 5.32 Å². The second-order valence-corrected chi connectivity index (χ2v) is 5.53. The van der Waals surface area contributed by atoms with Crippen LogP contribution in [0.2, 0.25) is 0 Å². The van der Waals surface area contributed by atoms with E-state index in [0.717, 1.165) is 10.0 Å². The molecule has 1 amide bonds. The molecule has 2 aromatic carbocycles. The minimum Gasteiger partial charge on any atom is -0.322 e. The number of nitrogens with zero attached hydrogens (tertiary/aromatic N) is 1. The first-order valence-corrected chi connectivity index (χ1v) is 7.00. The number of anilines is 1. The second-order valence-electron chi connectivity index (χ2n) is 4.68. The van der Waals surface area contributed by atoms with E-state index in [1.54, 1.807) is 25.1 Å². The Morgan fingerprint density at radius 3 is 2.43 bits per heavy atom. The van der Waals surface area contributed by atoms with Crippen molar-refractivity contribution < 1.29 is 9.72 Å². The van der Waals surface area contributed by atoms with Gasteiger partial charge < -0.3 is 5.32 Å². The molecular formula is C15H13BrN2O3. The first-order chi connectivity index (χ1) is 9.88. The number of amides is 1. The molecule has 0 aliphatic rings. The Kier molecular flexibility index (Phi) is 4.37. The molecule has 21 heavy (non-hydrogen) atoms. The van der Waals surface area contributed by atoms with E-state index in [2.05, 4.69) is 21.2 Å². The molecule has 5 nitrogen and oxygen atoms in total. The van der Waals surface area contributed by atoms with Crippen molar-refractivity contribution in [2.45, 2.75) is 13.8 Å². The normalized spacial score (nSPS) is 10.2.